The van der Waals surface area contributed by atoms with Gasteiger partial charge in [0.05, 0.1) is 5.38 Å². The average molecular weight is 268 g/mol. The molecule has 0 aromatic carbocycles. The Kier molecular flexibility index (Phi) is 5.05. The molecule has 6 heteroatoms. The number of carbonyl (C=O) groups is 1. The molecule has 1 amide bonds. The van der Waals surface area contributed by atoms with Crippen LogP contribution < -0.4 is 5.32 Å². The van der Waals surface area contributed by atoms with Gasteiger partial charge in [-0.25, -0.2) is 8.42 Å². The molecule has 1 N–H and O–H groups in total. The molecule has 94 valence electrons. The molecule has 4 nitrogen and oxygen atoms in total. The molecule has 0 radical (unpaired) electrons. The predicted octanol–water partition coefficient (Wildman–Crippen LogP) is 1.09. The molecule has 1 saturated carbocycles. The van der Waals surface area contributed by atoms with Crippen molar-refractivity contribution >= 4 is 27.3 Å². The van der Waals surface area contributed by atoms with Gasteiger partial charge in [-0.3, -0.25) is 4.79 Å². The van der Waals surface area contributed by atoms with Crippen LogP contribution in [0.4, 0.5) is 0 Å². The van der Waals surface area contributed by atoms with Crippen molar-refractivity contribution in [3.05, 3.63) is 0 Å². The topological polar surface area (TPSA) is 63.2 Å². The van der Waals surface area contributed by atoms with Gasteiger partial charge in [0.1, 0.15) is 5.75 Å². The van der Waals surface area contributed by atoms with Gasteiger partial charge in [-0.05, 0) is 12.8 Å². The highest BCUT2D eigenvalue weighted by Crippen LogP contribution is 2.22. The number of amides is 1. The highest BCUT2D eigenvalue weighted by atomic mass is 35.5. The molecule has 0 saturated heterocycles. The molecule has 1 rings (SSSR count). The van der Waals surface area contributed by atoms with Crippen LogP contribution in [-0.2, 0) is 14.6 Å². The number of sulfone groups is 1. The summed E-state index contributed by atoms with van der Waals surface area (Å²) in [6, 6.07) is -0.0848. The van der Waals surface area contributed by atoms with Crippen LogP contribution in [-0.4, -0.2) is 37.8 Å². The fourth-order valence-corrected chi connectivity index (χ4v) is 2.81. The van der Waals surface area contributed by atoms with Gasteiger partial charge in [0.2, 0.25) is 5.91 Å². The highest BCUT2D eigenvalue weighted by Gasteiger charge is 2.24. The number of hydrogen-bond acceptors (Lipinski definition) is 3. The monoisotopic (exact) mass is 267 g/mol. The second kappa shape index (κ2) is 5.87. The standard InChI is InChI=1S/C10H18ClNO3S/c1-16(14,15)7-10(13)12-9-6-4-2-3-5-8(9)11/h8-9H,2-7H2,1H3,(H,12,13). The Morgan fingerprint density at radius 2 is 1.94 bits per heavy atom. The molecule has 2 atom stereocenters. The van der Waals surface area contributed by atoms with Crippen LogP contribution in [0.1, 0.15) is 32.1 Å². The maximum atomic E-state index is 11.4. The minimum atomic E-state index is -3.26. The summed E-state index contributed by atoms with van der Waals surface area (Å²) in [5.74, 6) is -0.896. The van der Waals surface area contributed by atoms with E-state index >= 15 is 0 Å². The third kappa shape index (κ3) is 5.16. The molecule has 0 spiro atoms. The predicted molar refractivity (Wildman–Crippen MR) is 64.4 cm³/mol. The fourth-order valence-electron chi connectivity index (χ4n) is 1.91. The Balaban J connectivity index is 2.48. The molecule has 0 bridgehead atoms. The van der Waals surface area contributed by atoms with Gasteiger partial charge in [0.15, 0.2) is 9.84 Å². The number of nitrogens with one attached hydrogen (secondary N) is 1. The summed E-state index contributed by atoms with van der Waals surface area (Å²) < 4.78 is 21.9. The molecule has 1 fully saturated rings. The van der Waals surface area contributed by atoms with Gasteiger partial charge in [-0.15, -0.1) is 11.6 Å². The van der Waals surface area contributed by atoms with Crippen molar-refractivity contribution < 1.29 is 13.2 Å². The molecular weight excluding hydrogens is 250 g/mol. The zero-order valence-electron chi connectivity index (χ0n) is 9.41. The van der Waals surface area contributed by atoms with Crippen LogP contribution in [0.5, 0.6) is 0 Å². The average Bonchev–Trinajstić information content (AvgIpc) is 2.29. The van der Waals surface area contributed by atoms with E-state index in [4.69, 9.17) is 11.6 Å². The SMILES string of the molecule is CS(=O)(=O)CC(=O)NC1CCCCCC1Cl. The van der Waals surface area contributed by atoms with Crippen LogP contribution in [0.2, 0.25) is 0 Å². The first-order valence-electron chi connectivity index (χ1n) is 5.49. The molecule has 0 heterocycles. The van der Waals surface area contributed by atoms with Crippen molar-refractivity contribution in [2.24, 2.45) is 0 Å². The molecule has 2 unspecified atom stereocenters. The number of carbonyl (C=O) groups excluding carboxylic acids is 1. The van der Waals surface area contributed by atoms with Crippen molar-refractivity contribution in [2.75, 3.05) is 12.0 Å². The second-order valence-electron chi connectivity index (χ2n) is 4.40. The summed E-state index contributed by atoms with van der Waals surface area (Å²) in [6.07, 6.45) is 6.01. The zero-order valence-corrected chi connectivity index (χ0v) is 11.0. The molecule has 0 aromatic rings. The van der Waals surface area contributed by atoms with Gasteiger partial charge in [-0.2, -0.15) is 0 Å². The van der Waals surface area contributed by atoms with Crippen LogP contribution in [0, 0.1) is 0 Å². The summed E-state index contributed by atoms with van der Waals surface area (Å²) in [5, 5.41) is 2.64. The Bertz CT molecular complexity index is 342. The molecule has 1 aliphatic carbocycles. The number of halogens is 1. The van der Waals surface area contributed by atoms with Crippen LogP contribution in [0.25, 0.3) is 0 Å². The number of rotatable bonds is 3. The largest absolute Gasteiger partial charge is 0.351 e. The van der Waals surface area contributed by atoms with E-state index in [1.54, 1.807) is 0 Å². The summed E-state index contributed by atoms with van der Waals surface area (Å²) in [4.78, 5) is 11.4. The molecule has 16 heavy (non-hydrogen) atoms. The lowest BCUT2D eigenvalue weighted by Crippen LogP contribution is -2.42. The third-order valence-corrected chi connectivity index (χ3v) is 3.98. The van der Waals surface area contributed by atoms with Crippen molar-refractivity contribution in [3.63, 3.8) is 0 Å². The highest BCUT2D eigenvalue weighted by molar-refractivity contribution is 7.91. The quantitative estimate of drug-likeness (QED) is 0.615. The van der Waals surface area contributed by atoms with Crippen LogP contribution >= 0.6 is 11.6 Å². The van der Waals surface area contributed by atoms with E-state index in [9.17, 15) is 13.2 Å². The molecule has 0 aromatic heterocycles. The number of hydrogen-bond donors (Lipinski definition) is 1. The van der Waals surface area contributed by atoms with Crippen molar-refractivity contribution in [3.8, 4) is 0 Å². The van der Waals surface area contributed by atoms with Crippen LogP contribution in [0.3, 0.4) is 0 Å². The maximum Gasteiger partial charge on any atom is 0.235 e. The lowest BCUT2D eigenvalue weighted by molar-refractivity contribution is -0.119. The Hall–Kier alpha value is -0.290. The van der Waals surface area contributed by atoms with E-state index in [0.29, 0.717) is 0 Å². The molecular formula is C10H18ClNO3S. The van der Waals surface area contributed by atoms with Gasteiger partial charge in [-0.1, -0.05) is 19.3 Å². The lowest BCUT2D eigenvalue weighted by Gasteiger charge is -2.20. The Morgan fingerprint density at radius 3 is 2.56 bits per heavy atom. The van der Waals surface area contributed by atoms with Crippen molar-refractivity contribution in [2.45, 2.75) is 43.5 Å². The fraction of sp³-hybridized carbons (Fsp3) is 0.900. The van der Waals surface area contributed by atoms with E-state index in [0.717, 1.165) is 38.4 Å². The second-order valence-corrected chi connectivity index (χ2v) is 7.10. The van der Waals surface area contributed by atoms with E-state index in [1.807, 2.05) is 0 Å². The van der Waals surface area contributed by atoms with E-state index < -0.39 is 21.5 Å². The Morgan fingerprint density at radius 1 is 1.31 bits per heavy atom. The first kappa shape index (κ1) is 13.8. The smallest absolute Gasteiger partial charge is 0.235 e. The van der Waals surface area contributed by atoms with E-state index in [1.165, 1.54) is 0 Å². The van der Waals surface area contributed by atoms with Crippen molar-refractivity contribution in [1.82, 2.24) is 5.32 Å². The zero-order chi connectivity index (χ0) is 12.2. The molecule has 0 aliphatic heterocycles. The Labute approximate surface area is 102 Å². The summed E-state index contributed by atoms with van der Waals surface area (Å²) >= 11 is 6.14. The summed E-state index contributed by atoms with van der Waals surface area (Å²) in [6.45, 7) is 0. The minimum Gasteiger partial charge on any atom is -0.351 e. The van der Waals surface area contributed by atoms with E-state index in [-0.39, 0.29) is 11.4 Å². The van der Waals surface area contributed by atoms with Gasteiger partial charge in [0.25, 0.3) is 0 Å². The first-order chi connectivity index (χ1) is 7.38. The van der Waals surface area contributed by atoms with Gasteiger partial charge in [0, 0.05) is 12.3 Å². The van der Waals surface area contributed by atoms with Gasteiger partial charge < -0.3 is 5.32 Å². The molecule has 1 aliphatic rings. The third-order valence-electron chi connectivity index (χ3n) is 2.67. The van der Waals surface area contributed by atoms with Gasteiger partial charge >= 0.3 is 0 Å². The minimum absolute atomic E-state index is 0.0778. The van der Waals surface area contributed by atoms with Crippen LogP contribution in [0.15, 0.2) is 0 Å². The first-order valence-corrected chi connectivity index (χ1v) is 7.99. The number of alkyl halides is 1. The summed E-state index contributed by atoms with van der Waals surface area (Å²) in [7, 11) is -3.26. The van der Waals surface area contributed by atoms with Crippen molar-refractivity contribution in [1.29, 1.82) is 0 Å². The van der Waals surface area contributed by atoms with E-state index in [2.05, 4.69) is 5.32 Å². The summed E-state index contributed by atoms with van der Waals surface area (Å²) in [5.41, 5.74) is 0. The normalized spacial score (nSPS) is 27.1. The lowest BCUT2D eigenvalue weighted by atomic mass is 10.1. The maximum absolute atomic E-state index is 11.4.